The second kappa shape index (κ2) is 9.57. The third-order valence-electron chi connectivity index (χ3n) is 4.54. The van der Waals surface area contributed by atoms with Crippen LogP contribution in [0.2, 0.25) is 0 Å². The highest BCUT2D eigenvalue weighted by Crippen LogP contribution is 2.19. The summed E-state index contributed by atoms with van der Waals surface area (Å²) >= 11 is 0. The molecule has 1 aromatic rings. The van der Waals surface area contributed by atoms with Gasteiger partial charge in [0.15, 0.2) is 0 Å². The second-order valence-electron chi connectivity index (χ2n) is 7.95. The van der Waals surface area contributed by atoms with Crippen molar-refractivity contribution in [2.24, 2.45) is 0 Å². The van der Waals surface area contributed by atoms with E-state index in [-0.39, 0.29) is 5.91 Å². The predicted octanol–water partition coefficient (Wildman–Crippen LogP) is 2.68. The molecule has 1 aliphatic rings. The molecular formula is C21H30N2O5. The molecular weight excluding hydrogens is 360 g/mol. The maximum atomic E-state index is 13.1. The first kappa shape index (κ1) is 21.7. The number of nitrogens with one attached hydrogen (secondary N) is 1. The average molecular weight is 390 g/mol. The van der Waals surface area contributed by atoms with Crippen LogP contribution in [0.4, 0.5) is 4.79 Å². The zero-order chi connectivity index (χ0) is 20.7. The van der Waals surface area contributed by atoms with Crippen molar-refractivity contribution in [3.63, 3.8) is 0 Å². The molecule has 2 rings (SSSR count). The van der Waals surface area contributed by atoms with E-state index in [4.69, 9.17) is 9.47 Å². The van der Waals surface area contributed by atoms with Crippen molar-refractivity contribution in [2.45, 2.75) is 64.1 Å². The molecule has 0 saturated carbocycles. The summed E-state index contributed by atoms with van der Waals surface area (Å²) in [7, 11) is 1.32. The van der Waals surface area contributed by atoms with E-state index in [0.29, 0.717) is 19.4 Å². The Hall–Kier alpha value is -2.57. The normalized spacial score (nSPS) is 18.8. The minimum Gasteiger partial charge on any atom is -0.467 e. The number of nitrogens with zero attached hydrogens (tertiary/aromatic N) is 1. The monoisotopic (exact) mass is 390 g/mol. The summed E-state index contributed by atoms with van der Waals surface area (Å²) < 4.78 is 10.2. The number of hydrogen-bond acceptors (Lipinski definition) is 5. The molecule has 0 bridgehead atoms. The summed E-state index contributed by atoms with van der Waals surface area (Å²) in [5.74, 6) is -0.746. The van der Waals surface area contributed by atoms with Gasteiger partial charge < -0.3 is 19.7 Å². The van der Waals surface area contributed by atoms with Gasteiger partial charge in [-0.05, 0) is 45.6 Å². The van der Waals surface area contributed by atoms with Crippen molar-refractivity contribution in [3.05, 3.63) is 35.9 Å². The van der Waals surface area contributed by atoms with Crippen molar-refractivity contribution in [1.29, 1.82) is 0 Å². The number of ether oxygens (including phenoxy) is 2. The van der Waals surface area contributed by atoms with E-state index in [1.54, 1.807) is 20.8 Å². The number of carbonyl (C=O) groups excluding carboxylic acids is 3. The van der Waals surface area contributed by atoms with Crippen LogP contribution >= 0.6 is 0 Å². The fraction of sp³-hybridized carbons (Fsp3) is 0.571. The molecule has 1 N–H and O–H groups in total. The fourth-order valence-electron chi connectivity index (χ4n) is 3.25. The zero-order valence-corrected chi connectivity index (χ0v) is 17.1. The van der Waals surface area contributed by atoms with Gasteiger partial charge in [0.05, 0.1) is 7.11 Å². The molecule has 1 saturated heterocycles. The van der Waals surface area contributed by atoms with E-state index in [1.807, 2.05) is 30.3 Å². The van der Waals surface area contributed by atoms with Crippen molar-refractivity contribution in [2.75, 3.05) is 13.7 Å². The number of methoxy groups -OCH3 is 1. The van der Waals surface area contributed by atoms with Gasteiger partial charge >= 0.3 is 12.1 Å². The van der Waals surface area contributed by atoms with Gasteiger partial charge in [-0.25, -0.2) is 9.59 Å². The van der Waals surface area contributed by atoms with Crippen molar-refractivity contribution in [1.82, 2.24) is 10.2 Å². The molecule has 2 amide bonds. The minimum atomic E-state index is -0.735. The van der Waals surface area contributed by atoms with Crippen LogP contribution in [0.5, 0.6) is 0 Å². The van der Waals surface area contributed by atoms with Crippen LogP contribution in [-0.4, -0.2) is 54.2 Å². The quantitative estimate of drug-likeness (QED) is 0.782. The Morgan fingerprint density at radius 2 is 1.89 bits per heavy atom. The first-order valence-electron chi connectivity index (χ1n) is 9.63. The molecule has 1 heterocycles. The average Bonchev–Trinajstić information content (AvgIpc) is 2.80. The van der Waals surface area contributed by atoms with Crippen molar-refractivity contribution in [3.8, 4) is 0 Å². The first-order chi connectivity index (χ1) is 13.2. The summed E-state index contributed by atoms with van der Waals surface area (Å²) in [6.45, 7) is 5.74. The Morgan fingerprint density at radius 3 is 2.50 bits per heavy atom. The maximum Gasteiger partial charge on any atom is 0.408 e. The fourth-order valence-corrected chi connectivity index (χ4v) is 3.25. The Labute approximate surface area is 166 Å². The van der Waals surface area contributed by atoms with Gasteiger partial charge in [0.1, 0.15) is 17.7 Å². The van der Waals surface area contributed by atoms with Crippen LogP contribution < -0.4 is 5.32 Å². The highest BCUT2D eigenvalue weighted by atomic mass is 16.6. The number of benzene rings is 1. The van der Waals surface area contributed by atoms with Gasteiger partial charge in [0.25, 0.3) is 0 Å². The molecule has 1 aliphatic heterocycles. The van der Waals surface area contributed by atoms with Crippen LogP contribution in [0.15, 0.2) is 30.3 Å². The smallest absolute Gasteiger partial charge is 0.408 e. The largest absolute Gasteiger partial charge is 0.467 e. The van der Waals surface area contributed by atoms with Crippen molar-refractivity contribution < 1.29 is 23.9 Å². The van der Waals surface area contributed by atoms with Crippen LogP contribution in [-0.2, 0) is 25.5 Å². The molecule has 7 heteroatoms. The molecule has 0 aliphatic carbocycles. The number of amides is 2. The van der Waals surface area contributed by atoms with Gasteiger partial charge in [-0.3, -0.25) is 4.79 Å². The highest BCUT2D eigenvalue weighted by molar-refractivity contribution is 5.90. The first-order valence-corrected chi connectivity index (χ1v) is 9.63. The molecule has 154 valence electrons. The number of rotatable bonds is 5. The van der Waals surface area contributed by atoms with E-state index in [0.717, 1.165) is 18.4 Å². The number of alkyl carbamates (subject to hydrolysis) is 1. The molecule has 0 spiro atoms. The molecule has 0 radical (unpaired) electrons. The molecule has 0 unspecified atom stereocenters. The number of esters is 1. The third kappa shape index (κ3) is 6.25. The van der Waals surface area contributed by atoms with Crippen LogP contribution in [0, 0.1) is 0 Å². The van der Waals surface area contributed by atoms with Crippen molar-refractivity contribution >= 4 is 18.0 Å². The van der Waals surface area contributed by atoms with E-state index in [1.165, 1.54) is 12.0 Å². The van der Waals surface area contributed by atoms with Gasteiger partial charge in [0, 0.05) is 13.0 Å². The summed E-state index contributed by atoms with van der Waals surface area (Å²) in [5.41, 5.74) is 0.283. The lowest BCUT2D eigenvalue weighted by atomic mass is 10.0. The van der Waals surface area contributed by atoms with Gasteiger partial charge in [0.2, 0.25) is 5.91 Å². The molecule has 28 heavy (non-hydrogen) atoms. The summed E-state index contributed by atoms with van der Waals surface area (Å²) in [6, 6.07) is 8.04. The van der Waals surface area contributed by atoms with Crippen LogP contribution in [0.1, 0.15) is 45.6 Å². The van der Waals surface area contributed by atoms with Gasteiger partial charge in [-0.1, -0.05) is 30.3 Å². The lowest BCUT2D eigenvalue weighted by Crippen LogP contribution is -2.54. The molecule has 1 fully saturated rings. The van der Waals surface area contributed by atoms with Crippen LogP contribution in [0.25, 0.3) is 0 Å². The second-order valence-corrected chi connectivity index (χ2v) is 7.95. The molecule has 1 aromatic carbocycles. The number of carbonyl (C=O) groups is 3. The number of likely N-dealkylation sites (tertiary alicyclic amines) is 1. The molecule has 7 nitrogen and oxygen atoms in total. The van der Waals surface area contributed by atoms with E-state index < -0.39 is 29.7 Å². The number of hydrogen-bond donors (Lipinski definition) is 1. The Balaban J connectivity index is 2.18. The van der Waals surface area contributed by atoms with Crippen LogP contribution in [0.3, 0.4) is 0 Å². The van der Waals surface area contributed by atoms with Gasteiger partial charge in [-0.15, -0.1) is 0 Å². The SMILES string of the molecule is COC(=O)[C@H](Cc1ccccc1)N1CCCC[C@@H](NC(=O)OC(C)(C)C)C1=O. The summed E-state index contributed by atoms with van der Waals surface area (Å²) in [5, 5.41) is 2.67. The standard InChI is InChI=1S/C21H30N2O5/c1-21(2,3)28-20(26)22-16-12-8-9-13-23(18(16)24)17(19(25)27-4)14-15-10-6-5-7-11-15/h5-7,10-11,16-17H,8-9,12-14H2,1-4H3,(H,22,26)/t16-,17+/m1/s1. The third-order valence-corrected chi connectivity index (χ3v) is 4.54. The van der Waals surface area contributed by atoms with Gasteiger partial charge in [-0.2, -0.15) is 0 Å². The Morgan fingerprint density at radius 1 is 1.21 bits per heavy atom. The topological polar surface area (TPSA) is 84.9 Å². The highest BCUT2D eigenvalue weighted by Gasteiger charge is 2.37. The lowest BCUT2D eigenvalue weighted by molar-refractivity contribution is -0.153. The van der Waals surface area contributed by atoms with E-state index in [2.05, 4.69) is 5.32 Å². The zero-order valence-electron chi connectivity index (χ0n) is 17.1. The molecule has 0 aromatic heterocycles. The maximum absolute atomic E-state index is 13.1. The predicted molar refractivity (Wildman–Crippen MR) is 105 cm³/mol. The summed E-state index contributed by atoms with van der Waals surface area (Å²) in [6.07, 6.45) is 1.75. The lowest BCUT2D eigenvalue weighted by Gasteiger charge is -2.31. The van der Waals surface area contributed by atoms with E-state index >= 15 is 0 Å². The Bertz CT molecular complexity index is 684. The Kier molecular flexibility index (Phi) is 7.43. The minimum absolute atomic E-state index is 0.283. The summed E-state index contributed by atoms with van der Waals surface area (Å²) in [4.78, 5) is 39.3. The van der Waals surface area contributed by atoms with E-state index in [9.17, 15) is 14.4 Å². The molecule has 2 atom stereocenters.